The van der Waals surface area contributed by atoms with Crippen LogP contribution < -0.4 is 5.32 Å². The number of rotatable bonds is 4. The lowest BCUT2D eigenvalue weighted by molar-refractivity contribution is -0.385. The summed E-state index contributed by atoms with van der Waals surface area (Å²) in [7, 11) is 0. The molecule has 0 bridgehead atoms. The van der Waals surface area contributed by atoms with Crippen molar-refractivity contribution >= 4 is 21.6 Å². The summed E-state index contributed by atoms with van der Waals surface area (Å²) in [5.41, 5.74) is 0.843. The molecule has 6 heteroatoms. The van der Waals surface area contributed by atoms with E-state index in [2.05, 4.69) is 21.2 Å². The van der Waals surface area contributed by atoms with Gasteiger partial charge in [0.2, 0.25) is 0 Å². The molecule has 2 rings (SSSR count). The van der Waals surface area contributed by atoms with Gasteiger partial charge in [-0.1, -0.05) is 15.9 Å². The maximum absolute atomic E-state index is 10.9. The highest BCUT2D eigenvalue weighted by atomic mass is 79.9. The zero-order valence-corrected chi connectivity index (χ0v) is 10.8. The van der Waals surface area contributed by atoms with Gasteiger partial charge in [-0.2, -0.15) is 0 Å². The standard InChI is InChI=1S/C11H13BrN2O3/c12-9-2-1-8(11(5-9)14(15)16)6-13-10-3-4-17-7-10/h1-2,5,10,13H,3-4,6-7H2. The first-order chi connectivity index (χ1) is 8.16. The van der Waals surface area contributed by atoms with Gasteiger partial charge in [0.15, 0.2) is 0 Å². The fraction of sp³-hybridized carbons (Fsp3) is 0.455. The van der Waals surface area contributed by atoms with Crippen molar-refractivity contribution in [2.45, 2.75) is 19.0 Å². The van der Waals surface area contributed by atoms with E-state index in [0.717, 1.165) is 17.5 Å². The molecule has 0 saturated carbocycles. The molecule has 0 radical (unpaired) electrons. The molecule has 1 unspecified atom stereocenters. The van der Waals surface area contributed by atoms with E-state index in [1.165, 1.54) is 6.07 Å². The van der Waals surface area contributed by atoms with Crippen molar-refractivity contribution in [3.8, 4) is 0 Å². The van der Waals surface area contributed by atoms with Crippen LogP contribution in [0, 0.1) is 10.1 Å². The van der Waals surface area contributed by atoms with Crippen LogP contribution in [0.15, 0.2) is 22.7 Å². The van der Waals surface area contributed by atoms with Gasteiger partial charge in [-0.15, -0.1) is 0 Å². The summed E-state index contributed by atoms with van der Waals surface area (Å²) >= 11 is 3.24. The highest BCUT2D eigenvalue weighted by molar-refractivity contribution is 9.10. The van der Waals surface area contributed by atoms with E-state index in [-0.39, 0.29) is 10.6 Å². The molecule has 92 valence electrons. The minimum absolute atomic E-state index is 0.144. The molecule has 1 aliphatic heterocycles. The number of hydrogen-bond donors (Lipinski definition) is 1. The molecule has 1 fully saturated rings. The number of hydrogen-bond acceptors (Lipinski definition) is 4. The Kier molecular flexibility index (Phi) is 4.09. The Balaban J connectivity index is 2.06. The number of ether oxygens (including phenoxy) is 1. The molecular weight excluding hydrogens is 288 g/mol. The molecule has 1 aliphatic rings. The molecule has 1 heterocycles. The number of halogens is 1. The van der Waals surface area contributed by atoms with Crippen molar-refractivity contribution < 1.29 is 9.66 Å². The van der Waals surface area contributed by atoms with Gasteiger partial charge in [-0.25, -0.2) is 0 Å². The Bertz CT molecular complexity index is 419. The van der Waals surface area contributed by atoms with Crippen molar-refractivity contribution in [3.63, 3.8) is 0 Å². The van der Waals surface area contributed by atoms with Gasteiger partial charge in [0, 0.05) is 35.3 Å². The predicted octanol–water partition coefficient (Wildman–Crippen LogP) is 2.24. The summed E-state index contributed by atoms with van der Waals surface area (Å²) in [6.07, 6.45) is 0.963. The van der Waals surface area contributed by atoms with E-state index in [1.807, 2.05) is 6.07 Å². The number of nitro groups is 1. The first-order valence-electron chi connectivity index (χ1n) is 5.41. The smallest absolute Gasteiger partial charge is 0.275 e. The van der Waals surface area contributed by atoms with Crippen LogP contribution in [0.4, 0.5) is 5.69 Å². The summed E-state index contributed by atoms with van der Waals surface area (Å²) in [6.45, 7) is 1.95. The highest BCUT2D eigenvalue weighted by Gasteiger charge is 2.18. The molecule has 1 aromatic carbocycles. The van der Waals surface area contributed by atoms with Crippen LogP contribution in [-0.2, 0) is 11.3 Å². The lowest BCUT2D eigenvalue weighted by Gasteiger charge is -2.10. The fourth-order valence-corrected chi connectivity index (χ4v) is 2.16. The maximum atomic E-state index is 10.9. The first-order valence-corrected chi connectivity index (χ1v) is 6.20. The zero-order valence-electron chi connectivity index (χ0n) is 9.19. The van der Waals surface area contributed by atoms with Crippen molar-refractivity contribution in [1.82, 2.24) is 5.32 Å². The number of benzene rings is 1. The highest BCUT2D eigenvalue weighted by Crippen LogP contribution is 2.23. The van der Waals surface area contributed by atoms with E-state index < -0.39 is 0 Å². The maximum Gasteiger partial charge on any atom is 0.275 e. The average molecular weight is 301 g/mol. The molecule has 1 atom stereocenters. The van der Waals surface area contributed by atoms with Gasteiger partial charge in [0.25, 0.3) is 5.69 Å². The topological polar surface area (TPSA) is 64.4 Å². The molecule has 17 heavy (non-hydrogen) atoms. The number of nitrogens with one attached hydrogen (secondary N) is 1. The molecule has 0 aliphatic carbocycles. The van der Waals surface area contributed by atoms with Crippen molar-refractivity contribution in [2.24, 2.45) is 0 Å². The monoisotopic (exact) mass is 300 g/mol. The van der Waals surface area contributed by atoms with Crippen molar-refractivity contribution in [1.29, 1.82) is 0 Å². The predicted molar refractivity (Wildman–Crippen MR) is 66.9 cm³/mol. The lowest BCUT2D eigenvalue weighted by Crippen LogP contribution is -2.28. The lowest BCUT2D eigenvalue weighted by atomic mass is 10.1. The molecule has 1 saturated heterocycles. The molecule has 0 aromatic heterocycles. The quantitative estimate of drug-likeness (QED) is 0.684. The van der Waals surface area contributed by atoms with E-state index >= 15 is 0 Å². The number of nitrogens with zero attached hydrogens (tertiary/aromatic N) is 1. The van der Waals surface area contributed by atoms with Gasteiger partial charge in [0.1, 0.15) is 0 Å². The molecular formula is C11H13BrN2O3. The molecule has 0 amide bonds. The molecule has 1 N–H and O–H groups in total. The summed E-state index contributed by atoms with van der Waals surface area (Å²) in [5, 5.41) is 14.2. The summed E-state index contributed by atoms with van der Waals surface area (Å²) in [6, 6.07) is 5.42. The second kappa shape index (κ2) is 5.57. The van der Waals surface area contributed by atoms with Crippen LogP contribution in [0.1, 0.15) is 12.0 Å². The van der Waals surface area contributed by atoms with Gasteiger partial charge in [-0.05, 0) is 18.6 Å². The zero-order chi connectivity index (χ0) is 12.3. The summed E-state index contributed by atoms with van der Waals surface area (Å²) in [5.74, 6) is 0. The Morgan fingerprint density at radius 2 is 2.41 bits per heavy atom. The fourth-order valence-electron chi connectivity index (χ4n) is 1.81. The van der Waals surface area contributed by atoms with E-state index in [4.69, 9.17) is 4.74 Å². The van der Waals surface area contributed by atoms with Crippen LogP contribution in [0.3, 0.4) is 0 Å². The van der Waals surface area contributed by atoms with Crippen LogP contribution in [0.2, 0.25) is 0 Å². The SMILES string of the molecule is O=[N+]([O-])c1cc(Br)ccc1CNC1CCOC1. The van der Waals surface area contributed by atoms with Gasteiger partial charge >= 0.3 is 0 Å². The second-order valence-electron chi connectivity index (χ2n) is 3.97. The minimum Gasteiger partial charge on any atom is -0.380 e. The summed E-state index contributed by atoms with van der Waals surface area (Å²) < 4.78 is 5.96. The van der Waals surface area contributed by atoms with Crippen LogP contribution in [0.5, 0.6) is 0 Å². The average Bonchev–Trinajstić information content (AvgIpc) is 2.80. The Hall–Kier alpha value is -0.980. The van der Waals surface area contributed by atoms with E-state index in [0.29, 0.717) is 24.8 Å². The third kappa shape index (κ3) is 3.24. The van der Waals surface area contributed by atoms with Crippen LogP contribution in [-0.4, -0.2) is 24.2 Å². The second-order valence-corrected chi connectivity index (χ2v) is 4.89. The third-order valence-electron chi connectivity index (χ3n) is 2.75. The minimum atomic E-state index is -0.354. The first kappa shape index (κ1) is 12.5. The molecule has 0 spiro atoms. The third-order valence-corrected chi connectivity index (χ3v) is 3.25. The summed E-state index contributed by atoms with van der Waals surface area (Å²) in [4.78, 5) is 10.5. The van der Waals surface area contributed by atoms with Crippen molar-refractivity contribution in [2.75, 3.05) is 13.2 Å². The Morgan fingerprint density at radius 3 is 3.06 bits per heavy atom. The van der Waals surface area contributed by atoms with Gasteiger partial charge in [-0.3, -0.25) is 10.1 Å². The molecule has 1 aromatic rings. The normalized spacial score (nSPS) is 19.5. The van der Waals surface area contributed by atoms with Gasteiger partial charge < -0.3 is 10.1 Å². The van der Waals surface area contributed by atoms with E-state index in [1.54, 1.807) is 6.07 Å². The van der Waals surface area contributed by atoms with Crippen LogP contribution >= 0.6 is 15.9 Å². The Labute approximate surface area is 107 Å². The van der Waals surface area contributed by atoms with Crippen molar-refractivity contribution in [3.05, 3.63) is 38.3 Å². The van der Waals surface area contributed by atoms with Crippen LogP contribution in [0.25, 0.3) is 0 Å². The number of nitro benzene ring substituents is 1. The largest absolute Gasteiger partial charge is 0.380 e. The Morgan fingerprint density at radius 1 is 1.59 bits per heavy atom. The van der Waals surface area contributed by atoms with Gasteiger partial charge in [0.05, 0.1) is 11.5 Å². The molecule has 5 nitrogen and oxygen atoms in total. The van der Waals surface area contributed by atoms with E-state index in [9.17, 15) is 10.1 Å².